The molecule has 0 aliphatic heterocycles. The second kappa shape index (κ2) is 6.22. The molecule has 0 aliphatic carbocycles. The van der Waals surface area contributed by atoms with Crippen LogP contribution in [0.1, 0.15) is 11.1 Å². The van der Waals surface area contributed by atoms with Gasteiger partial charge >= 0.3 is 12.1 Å². The highest BCUT2D eigenvalue weighted by molar-refractivity contribution is 7.99. The third-order valence-corrected chi connectivity index (χ3v) is 3.70. The molecule has 0 aliphatic rings. The Balaban J connectivity index is 2.35. The standard InChI is InChI=1S/C15H11F3O2S/c16-15(17,18)13-7-6-12(8-10(13)9-14(19)20)21-11-4-2-1-3-5-11/h1-8H,9H2,(H,19,20). The van der Waals surface area contributed by atoms with Crippen LogP contribution in [0.15, 0.2) is 58.3 Å². The summed E-state index contributed by atoms with van der Waals surface area (Å²) in [6, 6.07) is 12.7. The van der Waals surface area contributed by atoms with Gasteiger partial charge in [0.15, 0.2) is 0 Å². The summed E-state index contributed by atoms with van der Waals surface area (Å²) in [5.74, 6) is -1.29. The fourth-order valence-corrected chi connectivity index (χ4v) is 2.75. The van der Waals surface area contributed by atoms with Gasteiger partial charge in [-0.3, -0.25) is 4.79 Å². The Morgan fingerprint density at radius 2 is 1.71 bits per heavy atom. The van der Waals surface area contributed by atoms with Gasteiger partial charge in [0.2, 0.25) is 0 Å². The SMILES string of the molecule is O=C(O)Cc1cc(Sc2ccccc2)ccc1C(F)(F)F. The summed E-state index contributed by atoms with van der Waals surface area (Å²) in [6.45, 7) is 0. The number of hydrogen-bond acceptors (Lipinski definition) is 2. The lowest BCUT2D eigenvalue weighted by Crippen LogP contribution is -2.12. The van der Waals surface area contributed by atoms with Crippen LogP contribution in [0, 0.1) is 0 Å². The van der Waals surface area contributed by atoms with Crippen molar-refractivity contribution >= 4 is 17.7 Å². The molecule has 0 spiro atoms. The molecule has 110 valence electrons. The van der Waals surface area contributed by atoms with Crippen LogP contribution in [0.25, 0.3) is 0 Å². The fourth-order valence-electron chi connectivity index (χ4n) is 1.84. The van der Waals surface area contributed by atoms with Crippen LogP contribution in [0.3, 0.4) is 0 Å². The molecule has 21 heavy (non-hydrogen) atoms. The van der Waals surface area contributed by atoms with Gasteiger partial charge in [-0.15, -0.1) is 0 Å². The van der Waals surface area contributed by atoms with E-state index >= 15 is 0 Å². The molecule has 2 rings (SSSR count). The molecule has 0 fully saturated rings. The molecular weight excluding hydrogens is 301 g/mol. The average molecular weight is 312 g/mol. The molecule has 0 atom stereocenters. The van der Waals surface area contributed by atoms with Crippen LogP contribution in [0.4, 0.5) is 13.2 Å². The highest BCUT2D eigenvalue weighted by Gasteiger charge is 2.33. The van der Waals surface area contributed by atoms with E-state index in [1.165, 1.54) is 23.9 Å². The Labute approximate surface area is 123 Å². The number of halogens is 3. The van der Waals surface area contributed by atoms with Crippen LogP contribution in [-0.4, -0.2) is 11.1 Å². The number of carboxylic acids is 1. The summed E-state index contributed by atoms with van der Waals surface area (Å²) >= 11 is 1.29. The zero-order valence-electron chi connectivity index (χ0n) is 10.7. The number of carboxylic acid groups (broad SMARTS) is 1. The number of rotatable bonds is 4. The summed E-state index contributed by atoms with van der Waals surface area (Å²) < 4.78 is 38.6. The molecule has 0 amide bonds. The number of carbonyl (C=O) groups is 1. The lowest BCUT2D eigenvalue weighted by atomic mass is 10.0. The van der Waals surface area contributed by atoms with Crippen molar-refractivity contribution in [3.8, 4) is 0 Å². The third-order valence-electron chi connectivity index (χ3n) is 2.70. The van der Waals surface area contributed by atoms with Gasteiger partial charge in [-0.25, -0.2) is 0 Å². The molecule has 0 heterocycles. The minimum atomic E-state index is -4.55. The molecular formula is C15H11F3O2S. The molecule has 0 aromatic heterocycles. The second-order valence-corrected chi connectivity index (χ2v) is 5.45. The van der Waals surface area contributed by atoms with E-state index in [4.69, 9.17) is 5.11 Å². The first-order valence-electron chi connectivity index (χ1n) is 6.01. The molecule has 6 heteroatoms. The van der Waals surface area contributed by atoms with Crippen molar-refractivity contribution < 1.29 is 23.1 Å². The van der Waals surface area contributed by atoms with E-state index in [1.807, 2.05) is 30.3 Å². The van der Waals surface area contributed by atoms with Gasteiger partial charge in [0.1, 0.15) is 0 Å². The topological polar surface area (TPSA) is 37.3 Å². The molecule has 0 radical (unpaired) electrons. The quantitative estimate of drug-likeness (QED) is 0.904. The predicted molar refractivity (Wildman–Crippen MR) is 73.3 cm³/mol. The lowest BCUT2D eigenvalue weighted by molar-refractivity contribution is -0.139. The van der Waals surface area contributed by atoms with Gasteiger partial charge in [-0.1, -0.05) is 30.0 Å². The van der Waals surface area contributed by atoms with Crippen molar-refractivity contribution in [3.05, 3.63) is 59.7 Å². The molecule has 0 saturated carbocycles. The van der Waals surface area contributed by atoms with Gasteiger partial charge in [0.05, 0.1) is 12.0 Å². The van der Waals surface area contributed by atoms with Gasteiger partial charge < -0.3 is 5.11 Å². The lowest BCUT2D eigenvalue weighted by Gasteiger charge is -2.13. The van der Waals surface area contributed by atoms with E-state index in [-0.39, 0.29) is 5.56 Å². The van der Waals surface area contributed by atoms with Crippen molar-refractivity contribution in [1.82, 2.24) is 0 Å². The molecule has 1 N–H and O–H groups in total. The highest BCUT2D eigenvalue weighted by Crippen LogP contribution is 2.36. The highest BCUT2D eigenvalue weighted by atomic mass is 32.2. The van der Waals surface area contributed by atoms with E-state index in [9.17, 15) is 18.0 Å². The van der Waals surface area contributed by atoms with Crippen LogP contribution in [0.5, 0.6) is 0 Å². The van der Waals surface area contributed by atoms with Crippen molar-refractivity contribution in [2.75, 3.05) is 0 Å². The smallest absolute Gasteiger partial charge is 0.416 e. The largest absolute Gasteiger partial charge is 0.481 e. The Bertz CT molecular complexity index is 639. The number of benzene rings is 2. The van der Waals surface area contributed by atoms with E-state index < -0.39 is 24.1 Å². The van der Waals surface area contributed by atoms with Gasteiger partial charge in [0.25, 0.3) is 0 Å². The first kappa shape index (κ1) is 15.4. The van der Waals surface area contributed by atoms with Gasteiger partial charge in [0, 0.05) is 9.79 Å². The Kier molecular flexibility index (Phi) is 4.57. The fraction of sp³-hybridized carbons (Fsp3) is 0.133. The Morgan fingerprint density at radius 3 is 2.29 bits per heavy atom. The minimum Gasteiger partial charge on any atom is -0.481 e. The van der Waals surface area contributed by atoms with Gasteiger partial charge in [-0.2, -0.15) is 13.2 Å². The van der Waals surface area contributed by atoms with E-state index in [2.05, 4.69) is 0 Å². The summed E-state index contributed by atoms with van der Waals surface area (Å²) in [5.41, 5.74) is -1.13. The Hall–Kier alpha value is -1.95. The number of hydrogen-bond donors (Lipinski definition) is 1. The van der Waals surface area contributed by atoms with Crippen molar-refractivity contribution in [2.45, 2.75) is 22.4 Å². The first-order valence-corrected chi connectivity index (χ1v) is 6.83. The maximum atomic E-state index is 12.9. The monoisotopic (exact) mass is 312 g/mol. The summed E-state index contributed by atoms with van der Waals surface area (Å²) in [7, 11) is 0. The Morgan fingerprint density at radius 1 is 1.05 bits per heavy atom. The van der Waals surface area contributed by atoms with E-state index in [1.54, 1.807) is 0 Å². The number of aliphatic carboxylic acids is 1. The maximum Gasteiger partial charge on any atom is 0.416 e. The molecule has 2 aromatic carbocycles. The predicted octanol–water partition coefficient (Wildman–Crippen LogP) is 4.48. The molecule has 0 unspecified atom stereocenters. The normalized spacial score (nSPS) is 11.4. The van der Waals surface area contributed by atoms with Crippen LogP contribution >= 0.6 is 11.8 Å². The van der Waals surface area contributed by atoms with Crippen molar-refractivity contribution in [1.29, 1.82) is 0 Å². The van der Waals surface area contributed by atoms with E-state index in [0.717, 1.165) is 11.0 Å². The molecule has 2 nitrogen and oxygen atoms in total. The zero-order chi connectivity index (χ0) is 15.5. The minimum absolute atomic E-state index is 0.226. The molecule has 0 bridgehead atoms. The molecule has 2 aromatic rings. The summed E-state index contributed by atoms with van der Waals surface area (Å²) in [6.07, 6.45) is -5.21. The summed E-state index contributed by atoms with van der Waals surface area (Å²) in [5, 5.41) is 8.76. The summed E-state index contributed by atoms with van der Waals surface area (Å²) in [4.78, 5) is 12.2. The van der Waals surface area contributed by atoms with Crippen molar-refractivity contribution in [3.63, 3.8) is 0 Å². The van der Waals surface area contributed by atoms with Crippen LogP contribution < -0.4 is 0 Å². The molecule has 0 saturated heterocycles. The van der Waals surface area contributed by atoms with Crippen LogP contribution in [0.2, 0.25) is 0 Å². The maximum absolute atomic E-state index is 12.9. The average Bonchev–Trinajstić information content (AvgIpc) is 2.38. The number of alkyl halides is 3. The van der Waals surface area contributed by atoms with Crippen LogP contribution in [-0.2, 0) is 17.4 Å². The van der Waals surface area contributed by atoms with E-state index in [0.29, 0.717) is 4.90 Å². The third kappa shape index (κ3) is 4.26. The van der Waals surface area contributed by atoms with Crippen molar-refractivity contribution in [2.24, 2.45) is 0 Å². The second-order valence-electron chi connectivity index (χ2n) is 4.30. The first-order chi connectivity index (χ1) is 9.86. The van der Waals surface area contributed by atoms with Gasteiger partial charge in [-0.05, 0) is 35.9 Å². The zero-order valence-corrected chi connectivity index (χ0v) is 11.5.